The van der Waals surface area contributed by atoms with E-state index in [2.05, 4.69) is 33.8 Å². The van der Waals surface area contributed by atoms with Gasteiger partial charge >= 0.3 is 0 Å². The van der Waals surface area contributed by atoms with Gasteiger partial charge in [0.1, 0.15) is 11.6 Å². The Bertz CT molecular complexity index is 844. The highest BCUT2D eigenvalue weighted by Gasteiger charge is 2.30. The van der Waals surface area contributed by atoms with Gasteiger partial charge in [-0.05, 0) is 70.7 Å². The maximum absolute atomic E-state index is 5.54. The van der Waals surface area contributed by atoms with E-state index in [1.54, 1.807) is 0 Å². The van der Waals surface area contributed by atoms with Crippen LogP contribution in [0.25, 0.3) is 0 Å². The standard InChI is InChI=1S/C24H33N5O/c1-18-22-6-4-12-29(17-20-5-2-3-11-25-20)24(22)27-23(26-18)19-7-13-28(14-8-19)21-9-15-30-16-10-21/h2-3,5,11,19,21H,4,6-10,12-17H2,1H3. The molecule has 5 heterocycles. The Morgan fingerprint density at radius 3 is 2.63 bits per heavy atom. The molecular weight excluding hydrogens is 374 g/mol. The highest BCUT2D eigenvalue weighted by Crippen LogP contribution is 2.33. The first-order valence-corrected chi connectivity index (χ1v) is 11.6. The van der Waals surface area contributed by atoms with Crippen LogP contribution < -0.4 is 4.90 Å². The summed E-state index contributed by atoms with van der Waals surface area (Å²) in [7, 11) is 0. The van der Waals surface area contributed by atoms with Crippen molar-refractivity contribution in [2.45, 2.75) is 64.0 Å². The third kappa shape index (κ3) is 4.21. The molecule has 0 aromatic carbocycles. The molecule has 0 atom stereocenters. The lowest BCUT2D eigenvalue weighted by Crippen LogP contribution is -2.44. The zero-order valence-corrected chi connectivity index (χ0v) is 18.1. The van der Waals surface area contributed by atoms with Crippen LogP contribution in [0.15, 0.2) is 24.4 Å². The topological polar surface area (TPSA) is 54.4 Å². The molecule has 0 N–H and O–H groups in total. The molecule has 0 unspecified atom stereocenters. The van der Waals surface area contributed by atoms with Gasteiger partial charge in [-0.3, -0.25) is 4.98 Å². The number of anilines is 1. The molecule has 5 rings (SSSR count). The molecule has 0 amide bonds. The number of hydrogen-bond acceptors (Lipinski definition) is 6. The molecule has 160 valence electrons. The lowest BCUT2D eigenvalue weighted by Gasteiger charge is -2.39. The molecule has 2 aromatic heterocycles. The van der Waals surface area contributed by atoms with Gasteiger partial charge in [-0.1, -0.05) is 6.07 Å². The first-order valence-electron chi connectivity index (χ1n) is 11.6. The molecule has 3 aliphatic heterocycles. The van der Waals surface area contributed by atoms with E-state index in [0.29, 0.717) is 12.0 Å². The summed E-state index contributed by atoms with van der Waals surface area (Å²) in [5.74, 6) is 2.69. The Hall–Kier alpha value is -2.05. The summed E-state index contributed by atoms with van der Waals surface area (Å²) >= 11 is 0. The number of aromatic nitrogens is 3. The van der Waals surface area contributed by atoms with Crippen LogP contribution in [0.4, 0.5) is 5.82 Å². The van der Waals surface area contributed by atoms with Crippen LogP contribution in [0.1, 0.15) is 60.8 Å². The van der Waals surface area contributed by atoms with E-state index in [1.165, 1.54) is 24.1 Å². The number of piperidine rings is 1. The van der Waals surface area contributed by atoms with Crippen LogP contribution >= 0.6 is 0 Å². The van der Waals surface area contributed by atoms with Crippen molar-refractivity contribution >= 4 is 5.82 Å². The predicted octanol–water partition coefficient (Wildman–Crippen LogP) is 3.49. The Morgan fingerprint density at radius 2 is 1.87 bits per heavy atom. The molecule has 2 aromatic rings. The Kier molecular flexibility index (Phi) is 5.95. The van der Waals surface area contributed by atoms with Crippen LogP contribution in [-0.2, 0) is 17.7 Å². The molecule has 0 spiro atoms. The summed E-state index contributed by atoms with van der Waals surface area (Å²) in [6.07, 6.45) is 8.81. The molecule has 30 heavy (non-hydrogen) atoms. The summed E-state index contributed by atoms with van der Waals surface area (Å²) in [4.78, 5) is 19.8. The fraction of sp³-hybridized carbons (Fsp3) is 0.625. The summed E-state index contributed by atoms with van der Waals surface area (Å²) in [6.45, 7) is 8.20. The van der Waals surface area contributed by atoms with Crippen molar-refractivity contribution in [3.8, 4) is 0 Å². The number of ether oxygens (including phenoxy) is 1. The van der Waals surface area contributed by atoms with Crippen molar-refractivity contribution in [1.82, 2.24) is 19.9 Å². The number of pyridine rings is 1. The predicted molar refractivity (Wildman–Crippen MR) is 118 cm³/mol. The van der Waals surface area contributed by atoms with Gasteiger partial charge in [0.05, 0.1) is 12.2 Å². The smallest absolute Gasteiger partial charge is 0.136 e. The highest BCUT2D eigenvalue weighted by molar-refractivity contribution is 5.51. The first kappa shape index (κ1) is 19.9. The van der Waals surface area contributed by atoms with E-state index in [9.17, 15) is 0 Å². The van der Waals surface area contributed by atoms with E-state index < -0.39 is 0 Å². The van der Waals surface area contributed by atoms with E-state index in [1.807, 2.05) is 12.3 Å². The molecule has 0 bridgehead atoms. The molecular formula is C24H33N5O. The average molecular weight is 408 g/mol. The van der Waals surface area contributed by atoms with Crippen LogP contribution in [0.2, 0.25) is 0 Å². The molecule has 0 aliphatic carbocycles. The van der Waals surface area contributed by atoms with Crippen molar-refractivity contribution in [3.05, 3.63) is 47.2 Å². The van der Waals surface area contributed by atoms with Gasteiger partial charge in [-0.2, -0.15) is 0 Å². The fourth-order valence-corrected chi connectivity index (χ4v) is 5.31. The number of rotatable bonds is 4. The summed E-state index contributed by atoms with van der Waals surface area (Å²) in [6, 6.07) is 6.86. The van der Waals surface area contributed by atoms with Gasteiger partial charge < -0.3 is 14.5 Å². The molecule has 6 nitrogen and oxygen atoms in total. The molecule has 2 saturated heterocycles. The number of fused-ring (bicyclic) bond motifs is 1. The SMILES string of the molecule is Cc1nc(C2CCN(C3CCOCC3)CC2)nc2c1CCCN2Cc1ccccn1. The van der Waals surface area contributed by atoms with Gasteiger partial charge in [0.2, 0.25) is 0 Å². The van der Waals surface area contributed by atoms with E-state index in [-0.39, 0.29) is 0 Å². The van der Waals surface area contributed by atoms with Gasteiger partial charge in [-0.25, -0.2) is 9.97 Å². The van der Waals surface area contributed by atoms with E-state index >= 15 is 0 Å². The van der Waals surface area contributed by atoms with Gasteiger partial charge in [0.25, 0.3) is 0 Å². The third-order valence-corrected chi connectivity index (χ3v) is 7.04. The quantitative estimate of drug-likeness (QED) is 0.773. The fourth-order valence-electron chi connectivity index (χ4n) is 5.31. The second kappa shape index (κ2) is 8.98. The van der Waals surface area contributed by atoms with Crippen molar-refractivity contribution in [1.29, 1.82) is 0 Å². The van der Waals surface area contributed by atoms with Crippen molar-refractivity contribution in [2.24, 2.45) is 0 Å². The number of aryl methyl sites for hydroxylation is 1. The zero-order valence-electron chi connectivity index (χ0n) is 18.1. The van der Waals surface area contributed by atoms with Crippen LogP contribution in [0, 0.1) is 6.92 Å². The molecule has 2 fully saturated rings. The molecule has 6 heteroatoms. The van der Waals surface area contributed by atoms with Gasteiger partial charge in [0.15, 0.2) is 0 Å². The Morgan fingerprint density at radius 1 is 1.03 bits per heavy atom. The van der Waals surface area contributed by atoms with Crippen LogP contribution in [0.5, 0.6) is 0 Å². The minimum Gasteiger partial charge on any atom is -0.381 e. The Labute approximate surface area is 179 Å². The van der Waals surface area contributed by atoms with Crippen molar-refractivity contribution < 1.29 is 4.74 Å². The second-order valence-corrected chi connectivity index (χ2v) is 8.97. The number of hydrogen-bond donors (Lipinski definition) is 0. The lowest BCUT2D eigenvalue weighted by atomic mass is 9.93. The average Bonchev–Trinajstić information content (AvgIpc) is 2.81. The minimum atomic E-state index is 0.476. The monoisotopic (exact) mass is 407 g/mol. The largest absolute Gasteiger partial charge is 0.381 e. The van der Waals surface area contributed by atoms with Crippen molar-refractivity contribution in [3.63, 3.8) is 0 Å². The van der Waals surface area contributed by atoms with Crippen LogP contribution in [0.3, 0.4) is 0 Å². The normalized spacial score (nSPS) is 21.6. The number of nitrogens with zero attached hydrogens (tertiary/aromatic N) is 5. The maximum atomic E-state index is 5.54. The molecule has 0 radical (unpaired) electrons. The van der Waals surface area contributed by atoms with E-state index in [0.717, 1.165) is 82.4 Å². The first-order chi connectivity index (χ1) is 14.8. The summed E-state index contributed by atoms with van der Waals surface area (Å²) in [5.41, 5.74) is 3.61. The number of likely N-dealkylation sites (tertiary alicyclic amines) is 1. The Balaban J connectivity index is 1.32. The van der Waals surface area contributed by atoms with Gasteiger partial charge in [-0.15, -0.1) is 0 Å². The third-order valence-electron chi connectivity index (χ3n) is 7.04. The van der Waals surface area contributed by atoms with E-state index in [4.69, 9.17) is 14.7 Å². The van der Waals surface area contributed by atoms with Crippen molar-refractivity contribution in [2.75, 3.05) is 37.7 Å². The summed E-state index contributed by atoms with van der Waals surface area (Å²) in [5, 5.41) is 0. The second-order valence-electron chi connectivity index (χ2n) is 8.97. The lowest BCUT2D eigenvalue weighted by molar-refractivity contribution is 0.0248. The minimum absolute atomic E-state index is 0.476. The molecule has 0 saturated carbocycles. The highest BCUT2D eigenvalue weighted by atomic mass is 16.5. The maximum Gasteiger partial charge on any atom is 0.136 e. The zero-order chi connectivity index (χ0) is 20.3. The van der Waals surface area contributed by atoms with Gasteiger partial charge in [0, 0.05) is 49.2 Å². The van der Waals surface area contributed by atoms with Crippen LogP contribution in [-0.4, -0.2) is 58.7 Å². The summed E-state index contributed by atoms with van der Waals surface area (Å²) < 4.78 is 5.54. The molecule has 3 aliphatic rings.